The number of anilines is 1. The Bertz CT molecular complexity index is 482. The zero-order chi connectivity index (χ0) is 13.5. The number of alkyl halides is 3. The van der Waals surface area contributed by atoms with E-state index in [1.165, 1.54) is 13.0 Å². The molecule has 0 bridgehead atoms. The van der Waals surface area contributed by atoms with Crippen LogP contribution in [-0.2, 0) is 11.0 Å². The summed E-state index contributed by atoms with van der Waals surface area (Å²) in [7, 11) is 0. The number of nitrogens with zero attached hydrogens (tertiary/aromatic N) is 1. The van der Waals surface area contributed by atoms with Crippen LogP contribution in [0.15, 0.2) is 18.2 Å². The molecule has 1 aromatic rings. The summed E-state index contributed by atoms with van der Waals surface area (Å²) in [4.78, 5) is 13.5. The molecule has 1 aromatic carbocycles. The van der Waals surface area contributed by atoms with Gasteiger partial charge in [0.15, 0.2) is 0 Å². The topological polar surface area (TPSA) is 20.3 Å². The van der Waals surface area contributed by atoms with Crippen LogP contribution >= 0.6 is 0 Å². The van der Waals surface area contributed by atoms with E-state index in [4.69, 9.17) is 0 Å². The molecule has 0 N–H and O–H groups in total. The second-order valence-electron chi connectivity index (χ2n) is 4.47. The molecule has 0 saturated heterocycles. The molecule has 1 atom stereocenters. The van der Waals surface area contributed by atoms with Gasteiger partial charge in [-0.1, -0.05) is 0 Å². The number of benzene rings is 1. The van der Waals surface area contributed by atoms with Crippen LogP contribution in [0.1, 0.15) is 30.9 Å². The summed E-state index contributed by atoms with van der Waals surface area (Å²) in [5, 5.41) is 0. The van der Waals surface area contributed by atoms with Crippen molar-refractivity contribution in [2.75, 3.05) is 18.0 Å². The number of likely N-dealkylation sites (N-methyl/N-ethyl adjacent to an activating group) is 1. The lowest BCUT2D eigenvalue weighted by molar-refractivity contribution is -0.137. The van der Waals surface area contributed by atoms with Crippen LogP contribution in [0.5, 0.6) is 0 Å². The molecule has 0 spiro atoms. The van der Waals surface area contributed by atoms with Gasteiger partial charge in [-0.15, -0.1) is 0 Å². The summed E-state index contributed by atoms with van der Waals surface area (Å²) in [5.41, 5.74) is 0.551. The van der Waals surface area contributed by atoms with Crippen LogP contribution in [-0.4, -0.2) is 18.9 Å². The summed E-state index contributed by atoms with van der Waals surface area (Å²) in [5.74, 6) is -0.534. The lowest BCUT2D eigenvalue weighted by Crippen LogP contribution is -2.23. The molecular weight excluding hydrogens is 243 g/mol. The fraction of sp³-hybridized carbons (Fsp3) is 0.462. The number of Topliss-reactive ketones (excluding diaryl/α,β-unsaturated/α-hetero) is 1. The molecule has 2 rings (SSSR count). The summed E-state index contributed by atoms with van der Waals surface area (Å²) < 4.78 is 38.0. The molecule has 0 saturated carbocycles. The molecule has 2 nitrogen and oxygen atoms in total. The van der Waals surface area contributed by atoms with E-state index in [9.17, 15) is 18.0 Å². The van der Waals surface area contributed by atoms with Gasteiger partial charge in [0, 0.05) is 18.8 Å². The number of carbonyl (C=O) groups is 1. The predicted molar refractivity (Wildman–Crippen MR) is 62.8 cm³/mol. The van der Waals surface area contributed by atoms with Gasteiger partial charge in [-0.2, -0.15) is 13.2 Å². The SMILES string of the molecule is CCN1CC(C(C)=O)c2cc(C(F)(F)F)ccc21. The Kier molecular flexibility index (Phi) is 3.09. The van der Waals surface area contributed by atoms with Crippen LogP contribution in [0, 0.1) is 0 Å². The highest BCUT2D eigenvalue weighted by Crippen LogP contribution is 2.40. The lowest BCUT2D eigenvalue weighted by atomic mass is 9.96. The third kappa shape index (κ3) is 2.09. The maximum atomic E-state index is 12.7. The lowest BCUT2D eigenvalue weighted by Gasteiger charge is -2.17. The Hall–Kier alpha value is -1.52. The Balaban J connectivity index is 2.50. The summed E-state index contributed by atoms with van der Waals surface area (Å²) in [6, 6.07) is 3.64. The number of carbonyl (C=O) groups excluding carboxylic acids is 1. The Morgan fingerprint density at radius 3 is 2.61 bits per heavy atom. The molecule has 0 aromatic heterocycles. The molecule has 5 heteroatoms. The van der Waals surface area contributed by atoms with Crippen molar-refractivity contribution in [1.29, 1.82) is 0 Å². The minimum atomic E-state index is -4.37. The number of fused-ring (bicyclic) bond motifs is 1. The van der Waals surface area contributed by atoms with E-state index in [1.54, 1.807) is 0 Å². The van der Waals surface area contributed by atoms with Gasteiger partial charge >= 0.3 is 6.18 Å². The second kappa shape index (κ2) is 4.30. The van der Waals surface area contributed by atoms with Crippen molar-refractivity contribution in [2.45, 2.75) is 25.9 Å². The maximum Gasteiger partial charge on any atom is 0.416 e. The minimum absolute atomic E-state index is 0.0912. The standard InChI is InChI=1S/C13H14F3NO/c1-3-17-7-11(8(2)18)10-6-9(13(14,15)16)4-5-12(10)17/h4-6,11H,3,7H2,1-2H3. The molecule has 1 aliphatic heterocycles. The van der Waals surface area contributed by atoms with E-state index in [0.717, 1.165) is 17.8 Å². The van der Waals surface area contributed by atoms with E-state index >= 15 is 0 Å². The highest BCUT2D eigenvalue weighted by atomic mass is 19.4. The van der Waals surface area contributed by atoms with E-state index in [1.807, 2.05) is 11.8 Å². The highest BCUT2D eigenvalue weighted by Gasteiger charge is 2.36. The normalized spacial score (nSPS) is 18.9. The van der Waals surface area contributed by atoms with Crippen LogP contribution in [0.3, 0.4) is 0 Å². The van der Waals surface area contributed by atoms with Gasteiger partial charge in [-0.3, -0.25) is 4.79 Å². The number of hydrogen-bond acceptors (Lipinski definition) is 2. The van der Waals surface area contributed by atoms with E-state index in [0.29, 0.717) is 18.7 Å². The van der Waals surface area contributed by atoms with Crippen LogP contribution < -0.4 is 4.90 Å². The van der Waals surface area contributed by atoms with Gasteiger partial charge in [-0.05, 0) is 37.6 Å². The quantitative estimate of drug-likeness (QED) is 0.810. The minimum Gasteiger partial charge on any atom is -0.371 e. The monoisotopic (exact) mass is 257 g/mol. The molecule has 0 amide bonds. The molecule has 1 aliphatic rings. The summed E-state index contributed by atoms with van der Waals surface area (Å²) >= 11 is 0. The fourth-order valence-electron chi connectivity index (χ4n) is 2.36. The third-order valence-electron chi connectivity index (χ3n) is 3.35. The van der Waals surface area contributed by atoms with Crippen LogP contribution in [0.2, 0.25) is 0 Å². The van der Waals surface area contributed by atoms with Gasteiger partial charge in [0.2, 0.25) is 0 Å². The largest absolute Gasteiger partial charge is 0.416 e. The first-order chi connectivity index (χ1) is 8.34. The molecule has 0 aliphatic carbocycles. The number of halogens is 3. The smallest absolute Gasteiger partial charge is 0.371 e. The molecule has 98 valence electrons. The van der Waals surface area contributed by atoms with Crippen molar-refractivity contribution in [2.24, 2.45) is 0 Å². The molecule has 1 heterocycles. The Morgan fingerprint density at radius 1 is 1.44 bits per heavy atom. The molecule has 18 heavy (non-hydrogen) atoms. The van der Waals surface area contributed by atoms with E-state index < -0.39 is 17.7 Å². The first-order valence-corrected chi connectivity index (χ1v) is 5.81. The zero-order valence-electron chi connectivity index (χ0n) is 10.2. The Labute approximate surface area is 103 Å². The van der Waals surface area contributed by atoms with Crippen molar-refractivity contribution >= 4 is 11.5 Å². The molecule has 0 radical (unpaired) electrons. The predicted octanol–water partition coefficient (Wildman–Crippen LogP) is 3.22. The highest BCUT2D eigenvalue weighted by molar-refractivity contribution is 5.88. The van der Waals surface area contributed by atoms with Crippen molar-refractivity contribution < 1.29 is 18.0 Å². The zero-order valence-corrected chi connectivity index (χ0v) is 10.2. The van der Waals surface area contributed by atoms with Gasteiger partial charge in [0.1, 0.15) is 5.78 Å². The van der Waals surface area contributed by atoms with Gasteiger partial charge in [-0.25, -0.2) is 0 Å². The van der Waals surface area contributed by atoms with Gasteiger partial charge < -0.3 is 4.90 Å². The summed E-state index contributed by atoms with van der Waals surface area (Å²) in [6.07, 6.45) is -4.37. The average Bonchev–Trinajstić information content (AvgIpc) is 2.65. The number of rotatable bonds is 2. The average molecular weight is 257 g/mol. The number of ketones is 1. The number of hydrogen-bond donors (Lipinski definition) is 0. The van der Waals surface area contributed by atoms with E-state index in [-0.39, 0.29) is 5.78 Å². The first-order valence-electron chi connectivity index (χ1n) is 5.81. The van der Waals surface area contributed by atoms with Crippen molar-refractivity contribution in [3.63, 3.8) is 0 Å². The molecule has 0 fully saturated rings. The Morgan fingerprint density at radius 2 is 2.11 bits per heavy atom. The van der Waals surface area contributed by atoms with Crippen molar-refractivity contribution in [3.05, 3.63) is 29.3 Å². The second-order valence-corrected chi connectivity index (χ2v) is 4.47. The van der Waals surface area contributed by atoms with Crippen LogP contribution in [0.4, 0.5) is 18.9 Å². The van der Waals surface area contributed by atoms with Crippen molar-refractivity contribution in [1.82, 2.24) is 0 Å². The maximum absolute atomic E-state index is 12.7. The summed E-state index contributed by atoms with van der Waals surface area (Å²) in [6.45, 7) is 4.50. The van der Waals surface area contributed by atoms with Gasteiger partial charge in [0.05, 0.1) is 11.5 Å². The van der Waals surface area contributed by atoms with Gasteiger partial charge in [0.25, 0.3) is 0 Å². The molecule has 1 unspecified atom stereocenters. The van der Waals surface area contributed by atoms with E-state index in [2.05, 4.69) is 0 Å². The fourth-order valence-corrected chi connectivity index (χ4v) is 2.36. The van der Waals surface area contributed by atoms with Crippen molar-refractivity contribution in [3.8, 4) is 0 Å². The van der Waals surface area contributed by atoms with Crippen LogP contribution in [0.25, 0.3) is 0 Å². The first kappa shape index (κ1) is 12.9. The third-order valence-corrected chi connectivity index (χ3v) is 3.35. The molecular formula is C13H14F3NO.